The molecule has 0 aliphatic carbocycles. The highest BCUT2D eigenvalue weighted by atomic mass is 16.3. The Kier molecular flexibility index (Phi) is 1.91. The minimum Gasteiger partial charge on any atom is -0.464 e. The molecule has 2 aromatic rings. The molecule has 74 valence electrons. The molecule has 1 aromatic heterocycles. The normalized spacial score (nSPS) is 12.3. The summed E-state index contributed by atoms with van der Waals surface area (Å²) >= 11 is 0. The molecule has 0 atom stereocenters. The van der Waals surface area contributed by atoms with Crippen molar-refractivity contribution in [1.29, 1.82) is 0 Å². The van der Waals surface area contributed by atoms with Crippen molar-refractivity contribution in [2.24, 2.45) is 0 Å². The standard InChI is InChI=1S/C13H16O/c1-9-8-14-12-7-10(13(2,3)4)5-6-11(9)12/h5-8H,1-4H3. The lowest BCUT2D eigenvalue weighted by atomic mass is 9.87. The molecule has 0 radical (unpaired) electrons. The average molecular weight is 188 g/mol. The molecule has 1 heterocycles. The van der Waals surface area contributed by atoms with Crippen LogP contribution in [0.4, 0.5) is 0 Å². The van der Waals surface area contributed by atoms with Gasteiger partial charge in [-0.05, 0) is 29.5 Å². The quantitative estimate of drug-likeness (QED) is 0.608. The lowest BCUT2D eigenvalue weighted by Crippen LogP contribution is -2.10. The van der Waals surface area contributed by atoms with E-state index in [1.54, 1.807) is 0 Å². The molecule has 0 saturated heterocycles. The van der Waals surface area contributed by atoms with Crippen LogP contribution < -0.4 is 0 Å². The summed E-state index contributed by atoms with van der Waals surface area (Å²) in [6.45, 7) is 8.71. The van der Waals surface area contributed by atoms with Gasteiger partial charge in [0.1, 0.15) is 5.58 Å². The summed E-state index contributed by atoms with van der Waals surface area (Å²) in [6.07, 6.45) is 1.82. The fraction of sp³-hybridized carbons (Fsp3) is 0.385. The molecule has 0 amide bonds. The Morgan fingerprint density at radius 3 is 2.50 bits per heavy atom. The van der Waals surface area contributed by atoms with Crippen LogP contribution in [0.25, 0.3) is 11.0 Å². The van der Waals surface area contributed by atoms with E-state index in [9.17, 15) is 0 Å². The van der Waals surface area contributed by atoms with Crippen LogP contribution in [-0.4, -0.2) is 0 Å². The summed E-state index contributed by atoms with van der Waals surface area (Å²) in [4.78, 5) is 0. The molecule has 0 unspecified atom stereocenters. The van der Waals surface area contributed by atoms with Gasteiger partial charge in [0, 0.05) is 5.39 Å². The largest absolute Gasteiger partial charge is 0.464 e. The number of furan rings is 1. The maximum atomic E-state index is 5.48. The third-order valence-electron chi connectivity index (χ3n) is 2.64. The van der Waals surface area contributed by atoms with Crippen LogP contribution in [0, 0.1) is 6.92 Å². The zero-order chi connectivity index (χ0) is 10.3. The summed E-state index contributed by atoms with van der Waals surface area (Å²) in [5.41, 5.74) is 3.71. The first-order valence-corrected chi connectivity index (χ1v) is 4.97. The predicted molar refractivity (Wildman–Crippen MR) is 59.7 cm³/mol. The van der Waals surface area contributed by atoms with E-state index in [-0.39, 0.29) is 5.41 Å². The number of benzene rings is 1. The molecule has 14 heavy (non-hydrogen) atoms. The van der Waals surface area contributed by atoms with Gasteiger partial charge in [0.25, 0.3) is 0 Å². The number of rotatable bonds is 0. The Balaban J connectivity index is 2.63. The SMILES string of the molecule is Cc1coc2cc(C(C)(C)C)ccc12. The molecule has 1 nitrogen and oxygen atoms in total. The van der Waals surface area contributed by atoms with Gasteiger partial charge in [-0.15, -0.1) is 0 Å². The van der Waals surface area contributed by atoms with Gasteiger partial charge in [0.15, 0.2) is 0 Å². The molecule has 1 aromatic carbocycles. The van der Waals surface area contributed by atoms with Gasteiger partial charge < -0.3 is 4.42 Å². The highest BCUT2D eigenvalue weighted by molar-refractivity contribution is 5.81. The summed E-state index contributed by atoms with van der Waals surface area (Å²) in [5.74, 6) is 0. The second-order valence-corrected chi connectivity index (χ2v) is 4.88. The molecular formula is C13H16O. The average Bonchev–Trinajstić information content (AvgIpc) is 2.46. The number of fused-ring (bicyclic) bond motifs is 1. The van der Waals surface area contributed by atoms with E-state index in [0.717, 1.165) is 5.58 Å². The summed E-state index contributed by atoms with van der Waals surface area (Å²) in [5, 5.41) is 1.22. The van der Waals surface area contributed by atoms with Gasteiger partial charge in [-0.2, -0.15) is 0 Å². The summed E-state index contributed by atoms with van der Waals surface area (Å²) in [6, 6.07) is 6.47. The smallest absolute Gasteiger partial charge is 0.134 e. The van der Waals surface area contributed by atoms with Crippen molar-refractivity contribution in [1.82, 2.24) is 0 Å². The topological polar surface area (TPSA) is 13.1 Å². The third-order valence-corrected chi connectivity index (χ3v) is 2.64. The Labute approximate surface area is 84.7 Å². The maximum Gasteiger partial charge on any atom is 0.134 e. The van der Waals surface area contributed by atoms with Crippen LogP contribution in [0.1, 0.15) is 31.9 Å². The van der Waals surface area contributed by atoms with Crippen LogP contribution in [0.2, 0.25) is 0 Å². The predicted octanol–water partition coefficient (Wildman–Crippen LogP) is 4.04. The molecule has 0 spiro atoms. The van der Waals surface area contributed by atoms with Crippen molar-refractivity contribution in [2.45, 2.75) is 33.1 Å². The highest BCUT2D eigenvalue weighted by Gasteiger charge is 2.14. The van der Waals surface area contributed by atoms with Crippen molar-refractivity contribution in [3.63, 3.8) is 0 Å². The van der Waals surface area contributed by atoms with Gasteiger partial charge in [0.05, 0.1) is 6.26 Å². The zero-order valence-corrected chi connectivity index (χ0v) is 9.22. The van der Waals surface area contributed by atoms with Gasteiger partial charge >= 0.3 is 0 Å². The van der Waals surface area contributed by atoms with Crippen LogP contribution in [0.3, 0.4) is 0 Å². The second-order valence-electron chi connectivity index (χ2n) is 4.88. The molecule has 0 aliphatic heterocycles. The highest BCUT2D eigenvalue weighted by Crippen LogP contribution is 2.28. The van der Waals surface area contributed by atoms with Crippen molar-refractivity contribution >= 4 is 11.0 Å². The van der Waals surface area contributed by atoms with E-state index in [1.807, 2.05) is 6.26 Å². The monoisotopic (exact) mass is 188 g/mol. The number of hydrogen-bond acceptors (Lipinski definition) is 1. The molecular weight excluding hydrogens is 172 g/mol. The number of hydrogen-bond donors (Lipinski definition) is 0. The van der Waals surface area contributed by atoms with Gasteiger partial charge in [0.2, 0.25) is 0 Å². The Morgan fingerprint density at radius 1 is 1.14 bits per heavy atom. The molecule has 1 heteroatoms. The fourth-order valence-electron chi connectivity index (χ4n) is 1.63. The van der Waals surface area contributed by atoms with Crippen LogP contribution in [0.5, 0.6) is 0 Å². The lowest BCUT2D eigenvalue weighted by molar-refractivity contribution is 0.582. The van der Waals surface area contributed by atoms with Gasteiger partial charge in [-0.3, -0.25) is 0 Å². The maximum absolute atomic E-state index is 5.48. The lowest BCUT2D eigenvalue weighted by Gasteiger charge is -2.18. The van der Waals surface area contributed by atoms with E-state index in [0.29, 0.717) is 0 Å². The van der Waals surface area contributed by atoms with Crippen molar-refractivity contribution in [3.8, 4) is 0 Å². The van der Waals surface area contributed by atoms with Crippen molar-refractivity contribution in [3.05, 3.63) is 35.6 Å². The molecule has 0 fully saturated rings. The van der Waals surface area contributed by atoms with E-state index < -0.39 is 0 Å². The summed E-state index contributed by atoms with van der Waals surface area (Å²) < 4.78 is 5.48. The second kappa shape index (κ2) is 2.88. The van der Waals surface area contributed by atoms with Gasteiger partial charge in [-0.1, -0.05) is 32.9 Å². The van der Waals surface area contributed by atoms with Crippen LogP contribution in [-0.2, 0) is 5.41 Å². The zero-order valence-electron chi connectivity index (χ0n) is 9.22. The first-order valence-electron chi connectivity index (χ1n) is 4.97. The molecule has 2 rings (SSSR count). The Bertz CT molecular complexity index is 458. The van der Waals surface area contributed by atoms with E-state index in [1.165, 1.54) is 16.5 Å². The third kappa shape index (κ3) is 1.43. The first kappa shape index (κ1) is 9.32. The number of aryl methyl sites for hydroxylation is 1. The van der Waals surface area contributed by atoms with E-state index in [4.69, 9.17) is 4.42 Å². The van der Waals surface area contributed by atoms with E-state index in [2.05, 4.69) is 45.9 Å². The van der Waals surface area contributed by atoms with Crippen LogP contribution >= 0.6 is 0 Å². The molecule has 0 aliphatic rings. The van der Waals surface area contributed by atoms with E-state index >= 15 is 0 Å². The minimum atomic E-state index is 0.189. The van der Waals surface area contributed by atoms with Gasteiger partial charge in [-0.25, -0.2) is 0 Å². The minimum absolute atomic E-state index is 0.189. The van der Waals surface area contributed by atoms with Crippen molar-refractivity contribution < 1.29 is 4.42 Å². The molecule has 0 saturated carbocycles. The van der Waals surface area contributed by atoms with Crippen molar-refractivity contribution in [2.75, 3.05) is 0 Å². The summed E-state index contributed by atoms with van der Waals surface area (Å²) in [7, 11) is 0. The Morgan fingerprint density at radius 2 is 1.86 bits per heavy atom. The van der Waals surface area contributed by atoms with Crippen LogP contribution in [0.15, 0.2) is 28.9 Å². The first-order chi connectivity index (χ1) is 6.48. The Hall–Kier alpha value is -1.24. The molecule has 0 N–H and O–H groups in total. The fourth-order valence-corrected chi connectivity index (χ4v) is 1.63. The molecule has 0 bridgehead atoms.